The molecule has 1 aliphatic carbocycles. The highest BCUT2D eigenvalue weighted by Crippen LogP contribution is 2.43. The fourth-order valence-corrected chi connectivity index (χ4v) is 5.53. The fraction of sp³-hybridized carbons (Fsp3) is 0.524. The number of hydrogen-bond donors (Lipinski definition) is 2. The van der Waals surface area contributed by atoms with Crippen LogP contribution in [0, 0.1) is 18.3 Å². The van der Waals surface area contributed by atoms with E-state index in [1.165, 1.54) is 24.1 Å². The first-order valence-corrected chi connectivity index (χ1v) is 10.5. The van der Waals surface area contributed by atoms with Gasteiger partial charge in [0.2, 0.25) is 5.91 Å². The third kappa shape index (κ3) is 4.54. The van der Waals surface area contributed by atoms with Crippen LogP contribution in [0.4, 0.5) is 0 Å². The molecule has 2 N–H and O–H groups in total. The van der Waals surface area contributed by atoms with Crippen molar-refractivity contribution in [3.05, 3.63) is 40.2 Å². The minimum absolute atomic E-state index is 0. The molecule has 4 nitrogen and oxygen atoms in total. The zero-order valence-electron chi connectivity index (χ0n) is 16.2. The van der Waals surface area contributed by atoms with E-state index in [4.69, 9.17) is 4.98 Å². The van der Waals surface area contributed by atoms with Gasteiger partial charge in [-0.3, -0.25) is 4.79 Å². The van der Waals surface area contributed by atoms with E-state index in [0.29, 0.717) is 12.5 Å². The van der Waals surface area contributed by atoms with E-state index < -0.39 is 0 Å². The molecule has 2 aromatic rings. The number of halogens is 2. The number of nitrogens with one attached hydrogen (secondary N) is 2. The Morgan fingerprint density at radius 2 is 2.07 bits per heavy atom. The van der Waals surface area contributed by atoms with Crippen LogP contribution in [0.3, 0.4) is 0 Å². The lowest BCUT2D eigenvalue weighted by Crippen LogP contribution is -2.48. The molecule has 2 fully saturated rings. The zero-order chi connectivity index (χ0) is 18.0. The molecule has 7 heteroatoms. The van der Waals surface area contributed by atoms with Crippen LogP contribution in [0.2, 0.25) is 0 Å². The number of thiazole rings is 1. The van der Waals surface area contributed by atoms with Crippen LogP contribution in [0.5, 0.6) is 0 Å². The summed E-state index contributed by atoms with van der Waals surface area (Å²) in [5.74, 6) is 0.770. The molecule has 2 atom stereocenters. The molecule has 2 aliphatic rings. The van der Waals surface area contributed by atoms with Crippen molar-refractivity contribution < 1.29 is 4.79 Å². The van der Waals surface area contributed by atoms with Gasteiger partial charge in [-0.15, -0.1) is 36.2 Å². The maximum Gasteiger partial charge on any atom is 0.227 e. The lowest BCUT2D eigenvalue weighted by Gasteiger charge is -2.37. The lowest BCUT2D eigenvalue weighted by molar-refractivity contribution is -0.133. The van der Waals surface area contributed by atoms with Crippen LogP contribution < -0.4 is 10.6 Å². The summed E-state index contributed by atoms with van der Waals surface area (Å²) in [6.07, 6.45) is 5.47. The first-order valence-electron chi connectivity index (χ1n) is 9.70. The maximum atomic E-state index is 12.9. The molecule has 0 radical (unpaired) electrons. The Hall–Kier alpha value is -1.14. The van der Waals surface area contributed by atoms with E-state index in [0.717, 1.165) is 42.2 Å². The summed E-state index contributed by atoms with van der Waals surface area (Å²) in [5, 5.41) is 7.77. The Kier molecular flexibility index (Phi) is 8.31. The highest BCUT2D eigenvalue weighted by Gasteiger charge is 2.49. The summed E-state index contributed by atoms with van der Waals surface area (Å²) in [6.45, 7) is 4.64. The van der Waals surface area contributed by atoms with E-state index in [2.05, 4.69) is 29.7 Å². The number of aryl methyl sites for hydroxylation is 1. The van der Waals surface area contributed by atoms with Crippen molar-refractivity contribution in [2.75, 3.05) is 19.6 Å². The van der Waals surface area contributed by atoms with E-state index in [1.807, 2.05) is 18.2 Å². The molecule has 4 rings (SSSR count). The van der Waals surface area contributed by atoms with Crippen molar-refractivity contribution in [3.8, 4) is 11.3 Å². The Morgan fingerprint density at radius 3 is 2.86 bits per heavy atom. The second-order valence-corrected chi connectivity index (χ2v) is 8.90. The van der Waals surface area contributed by atoms with Crippen molar-refractivity contribution in [1.29, 1.82) is 0 Å². The normalized spacial score (nSPS) is 23.2. The SMILES string of the molecule is Cc1sc(CCNC(=O)[C@@]23CCCC[C@H]2CNC3)nc1-c1ccccc1.Cl.Cl. The van der Waals surface area contributed by atoms with Gasteiger partial charge in [-0.2, -0.15) is 0 Å². The van der Waals surface area contributed by atoms with Gasteiger partial charge in [-0.25, -0.2) is 4.98 Å². The highest BCUT2D eigenvalue weighted by molar-refractivity contribution is 7.12. The molecule has 0 spiro atoms. The predicted molar refractivity (Wildman–Crippen MR) is 121 cm³/mol. The molecular formula is C21H29Cl2N3OS. The second-order valence-electron chi connectivity index (χ2n) is 7.61. The van der Waals surface area contributed by atoms with Gasteiger partial charge in [-0.05, 0) is 32.2 Å². The van der Waals surface area contributed by atoms with Gasteiger partial charge >= 0.3 is 0 Å². The van der Waals surface area contributed by atoms with Crippen molar-refractivity contribution >= 4 is 42.1 Å². The van der Waals surface area contributed by atoms with Gasteiger partial charge in [0, 0.05) is 30.0 Å². The average molecular weight is 442 g/mol. The number of aromatic nitrogens is 1. The summed E-state index contributed by atoms with van der Waals surface area (Å²) >= 11 is 1.74. The maximum absolute atomic E-state index is 12.9. The van der Waals surface area contributed by atoms with Crippen LogP contribution in [-0.4, -0.2) is 30.5 Å². The minimum Gasteiger partial charge on any atom is -0.355 e. The average Bonchev–Trinajstić information content (AvgIpc) is 3.26. The highest BCUT2D eigenvalue weighted by atomic mass is 35.5. The summed E-state index contributed by atoms with van der Waals surface area (Å²) < 4.78 is 0. The Bertz CT molecular complexity index is 783. The van der Waals surface area contributed by atoms with Crippen LogP contribution in [0.1, 0.15) is 35.6 Å². The van der Waals surface area contributed by atoms with E-state index in [1.54, 1.807) is 11.3 Å². The van der Waals surface area contributed by atoms with Gasteiger partial charge in [0.15, 0.2) is 0 Å². The number of benzene rings is 1. The molecule has 0 bridgehead atoms. The van der Waals surface area contributed by atoms with Gasteiger partial charge < -0.3 is 10.6 Å². The molecular weight excluding hydrogens is 413 g/mol. The molecule has 1 saturated heterocycles. The smallest absolute Gasteiger partial charge is 0.227 e. The Balaban J connectivity index is 0.00000140. The number of hydrogen-bond acceptors (Lipinski definition) is 4. The third-order valence-corrected chi connectivity index (χ3v) is 7.03. The van der Waals surface area contributed by atoms with Crippen LogP contribution in [-0.2, 0) is 11.2 Å². The van der Waals surface area contributed by atoms with Gasteiger partial charge in [-0.1, -0.05) is 43.2 Å². The van der Waals surface area contributed by atoms with Crippen molar-refractivity contribution in [2.24, 2.45) is 11.3 Å². The summed E-state index contributed by atoms with van der Waals surface area (Å²) in [5.41, 5.74) is 2.08. The number of amides is 1. The molecule has 2 heterocycles. The minimum atomic E-state index is -0.160. The predicted octanol–water partition coefficient (Wildman–Crippen LogP) is 4.40. The molecule has 1 aromatic carbocycles. The number of rotatable bonds is 5. The molecule has 1 saturated carbocycles. The van der Waals surface area contributed by atoms with Crippen LogP contribution in [0.25, 0.3) is 11.3 Å². The number of fused-ring (bicyclic) bond motifs is 1. The molecule has 28 heavy (non-hydrogen) atoms. The number of nitrogens with zero attached hydrogens (tertiary/aromatic N) is 1. The van der Waals surface area contributed by atoms with E-state index in [-0.39, 0.29) is 36.1 Å². The van der Waals surface area contributed by atoms with Crippen molar-refractivity contribution in [1.82, 2.24) is 15.6 Å². The third-order valence-electron chi connectivity index (χ3n) is 6.00. The largest absolute Gasteiger partial charge is 0.355 e. The molecule has 1 aromatic heterocycles. The quantitative estimate of drug-likeness (QED) is 0.722. The Morgan fingerprint density at radius 1 is 1.29 bits per heavy atom. The topological polar surface area (TPSA) is 54.0 Å². The Labute approximate surface area is 183 Å². The molecule has 154 valence electrons. The second kappa shape index (κ2) is 10.1. The van der Waals surface area contributed by atoms with Crippen LogP contribution >= 0.6 is 36.2 Å². The number of carbonyl (C=O) groups excluding carboxylic acids is 1. The van der Waals surface area contributed by atoms with Crippen LogP contribution in [0.15, 0.2) is 30.3 Å². The lowest BCUT2D eigenvalue weighted by atomic mass is 9.67. The standard InChI is InChI=1S/C21H27N3OS.2ClH/c1-15-19(16-7-3-2-4-8-16)24-18(26-15)10-12-23-20(25)21-11-6-5-9-17(21)13-22-14-21;;/h2-4,7-8,17,22H,5-6,9-14H2,1H3,(H,23,25);2*1H/t17-,21+;;/m0../s1. The summed E-state index contributed by atoms with van der Waals surface area (Å²) in [4.78, 5) is 19.0. The van der Waals surface area contributed by atoms with Gasteiger partial charge in [0.05, 0.1) is 16.1 Å². The molecule has 0 unspecified atom stereocenters. The molecule has 1 amide bonds. The van der Waals surface area contributed by atoms with E-state index in [9.17, 15) is 4.79 Å². The van der Waals surface area contributed by atoms with Crippen molar-refractivity contribution in [2.45, 2.75) is 39.0 Å². The van der Waals surface area contributed by atoms with Gasteiger partial charge in [0.1, 0.15) is 0 Å². The molecule has 1 aliphatic heterocycles. The first kappa shape index (κ1) is 23.1. The zero-order valence-corrected chi connectivity index (χ0v) is 18.7. The first-order chi connectivity index (χ1) is 12.7. The number of carbonyl (C=O) groups is 1. The van der Waals surface area contributed by atoms with Crippen molar-refractivity contribution in [3.63, 3.8) is 0 Å². The fourth-order valence-electron chi connectivity index (χ4n) is 4.57. The monoisotopic (exact) mass is 441 g/mol. The summed E-state index contributed by atoms with van der Waals surface area (Å²) in [6, 6.07) is 10.3. The summed E-state index contributed by atoms with van der Waals surface area (Å²) in [7, 11) is 0. The van der Waals surface area contributed by atoms with Gasteiger partial charge in [0.25, 0.3) is 0 Å². The van der Waals surface area contributed by atoms with E-state index >= 15 is 0 Å².